The molecular weight excluding hydrogens is 218 g/mol. The van der Waals surface area contributed by atoms with Gasteiger partial charge in [0, 0.05) is 6.42 Å². The van der Waals surface area contributed by atoms with Crippen molar-refractivity contribution in [1.82, 2.24) is 4.90 Å². The first kappa shape index (κ1) is 11.6. The van der Waals surface area contributed by atoms with Crippen LogP contribution in [0.15, 0.2) is 30.3 Å². The van der Waals surface area contributed by atoms with Crippen molar-refractivity contribution >= 4 is 11.9 Å². The number of amides is 1. The van der Waals surface area contributed by atoms with E-state index in [0.717, 1.165) is 12.0 Å². The van der Waals surface area contributed by atoms with Crippen molar-refractivity contribution in [2.24, 2.45) is 0 Å². The van der Waals surface area contributed by atoms with Crippen LogP contribution in [-0.2, 0) is 16.0 Å². The Labute approximate surface area is 100 Å². The summed E-state index contributed by atoms with van der Waals surface area (Å²) in [5, 5.41) is 0. The van der Waals surface area contributed by atoms with E-state index in [4.69, 9.17) is 4.74 Å². The normalized spacial score (nSPS) is 14.8. The van der Waals surface area contributed by atoms with Crippen molar-refractivity contribution < 1.29 is 14.3 Å². The lowest BCUT2D eigenvalue weighted by molar-refractivity contribution is -0.119. The van der Waals surface area contributed by atoms with Crippen LogP contribution in [0.3, 0.4) is 0 Å². The summed E-state index contributed by atoms with van der Waals surface area (Å²) >= 11 is 0. The maximum atomic E-state index is 11.7. The first-order valence-corrected chi connectivity index (χ1v) is 5.73. The molecule has 0 radical (unpaired) electrons. The van der Waals surface area contributed by atoms with Crippen LogP contribution in [0.5, 0.6) is 0 Å². The van der Waals surface area contributed by atoms with Gasteiger partial charge in [-0.1, -0.05) is 30.3 Å². The van der Waals surface area contributed by atoms with Gasteiger partial charge in [-0.05, 0) is 12.0 Å². The molecule has 1 amide bonds. The van der Waals surface area contributed by atoms with Crippen molar-refractivity contribution in [3.8, 4) is 0 Å². The summed E-state index contributed by atoms with van der Waals surface area (Å²) in [4.78, 5) is 24.3. The fraction of sp³-hybridized carbons (Fsp3) is 0.385. The van der Waals surface area contributed by atoms with Gasteiger partial charge >= 0.3 is 6.09 Å². The molecule has 1 saturated heterocycles. The number of hydrogen-bond acceptors (Lipinski definition) is 3. The van der Waals surface area contributed by atoms with Crippen LogP contribution in [0.2, 0.25) is 0 Å². The van der Waals surface area contributed by atoms with Gasteiger partial charge < -0.3 is 4.74 Å². The van der Waals surface area contributed by atoms with E-state index in [1.807, 2.05) is 30.3 Å². The molecule has 1 heterocycles. The standard InChI is InChI=1S/C13H15NO3/c15-12(10-14-8-9-17-13(14)16)7-6-11-4-2-1-3-5-11/h1-5H,6-10H2. The summed E-state index contributed by atoms with van der Waals surface area (Å²) in [6, 6.07) is 9.86. The van der Waals surface area contributed by atoms with Crippen LogP contribution < -0.4 is 0 Å². The molecule has 2 rings (SSSR count). The molecule has 1 aliphatic heterocycles. The van der Waals surface area contributed by atoms with E-state index in [1.165, 1.54) is 4.90 Å². The van der Waals surface area contributed by atoms with Gasteiger partial charge in [0.05, 0.1) is 13.1 Å². The topological polar surface area (TPSA) is 46.6 Å². The predicted molar refractivity (Wildman–Crippen MR) is 62.7 cm³/mol. The first-order chi connectivity index (χ1) is 8.25. The van der Waals surface area contributed by atoms with Crippen molar-refractivity contribution in [3.63, 3.8) is 0 Å². The number of carbonyl (C=O) groups is 2. The second kappa shape index (κ2) is 5.48. The Morgan fingerprint density at radius 1 is 1.29 bits per heavy atom. The van der Waals surface area contributed by atoms with Crippen LogP contribution in [0, 0.1) is 0 Å². The SMILES string of the molecule is O=C(CCc1ccccc1)CN1CCOC1=O. The van der Waals surface area contributed by atoms with Crippen molar-refractivity contribution in [2.75, 3.05) is 19.7 Å². The Kier molecular flexibility index (Phi) is 3.75. The summed E-state index contributed by atoms with van der Waals surface area (Å²) in [6.07, 6.45) is 0.814. The quantitative estimate of drug-likeness (QED) is 0.776. The number of Topliss-reactive ketones (excluding diaryl/α,β-unsaturated/α-hetero) is 1. The van der Waals surface area contributed by atoms with Gasteiger partial charge in [0.1, 0.15) is 6.61 Å². The zero-order chi connectivity index (χ0) is 12.1. The fourth-order valence-corrected chi connectivity index (χ4v) is 1.79. The minimum Gasteiger partial charge on any atom is -0.448 e. The van der Waals surface area contributed by atoms with Gasteiger partial charge in [-0.2, -0.15) is 0 Å². The molecule has 4 nitrogen and oxygen atoms in total. The molecule has 1 aromatic carbocycles. The smallest absolute Gasteiger partial charge is 0.410 e. The largest absolute Gasteiger partial charge is 0.448 e. The highest BCUT2D eigenvalue weighted by Crippen LogP contribution is 2.06. The molecule has 0 spiro atoms. The maximum absolute atomic E-state index is 11.7. The predicted octanol–water partition coefficient (Wildman–Crippen LogP) is 1.64. The van der Waals surface area contributed by atoms with Gasteiger partial charge in [-0.25, -0.2) is 4.79 Å². The molecule has 1 fully saturated rings. The Morgan fingerprint density at radius 3 is 2.71 bits per heavy atom. The molecule has 0 saturated carbocycles. The number of benzene rings is 1. The van der Waals surface area contributed by atoms with Gasteiger partial charge in [0.15, 0.2) is 5.78 Å². The molecular formula is C13H15NO3. The van der Waals surface area contributed by atoms with Crippen molar-refractivity contribution in [1.29, 1.82) is 0 Å². The Hall–Kier alpha value is -1.84. The number of cyclic esters (lactones) is 1. The number of aryl methyl sites for hydroxylation is 1. The van der Waals surface area contributed by atoms with Crippen molar-refractivity contribution in [2.45, 2.75) is 12.8 Å². The Morgan fingerprint density at radius 2 is 2.06 bits per heavy atom. The number of ether oxygens (including phenoxy) is 1. The summed E-state index contributed by atoms with van der Waals surface area (Å²) in [7, 11) is 0. The summed E-state index contributed by atoms with van der Waals surface area (Å²) in [6.45, 7) is 1.09. The number of nitrogens with zero attached hydrogens (tertiary/aromatic N) is 1. The van der Waals surface area contributed by atoms with E-state index < -0.39 is 0 Å². The number of carbonyl (C=O) groups excluding carboxylic acids is 2. The highest BCUT2D eigenvalue weighted by atomic mass is 16.6. The molecule has 1 aliphatic rings. The maximum Gasteiger partial charge on any atom is 0.410 e. The third-order valence-corrected chi connectivity index (χ3v) is 2.75. The zero-order valence-electron chi connectivity index (χ0n) is 9.59. The lowest BCUT2D eigenvalue weighted by Gasteiger charge is -2.10. The van der Waals surface area contributed by atoms with Crippen LogP contribution in [-0.4, -0.2) is 36.5 Å². The molecule has 0 N–H and O–H groups in total. The highest BCUT2D eigenvalue weighted by molar-refractivity contribution is 5.84. The minimum absolute atomic E-state index is 0.0766. The lowest BCUT2D eigenvalue weighted by Crippen LogP contribution is -2.30. The average molecular weight is 233 g/mol. The third kappa shape index (κ3) is 3.31. The third-order valence-electron chi connectivity index (χ3n) is 2.75. The van der Waals surface area contributed by atoms with Gasteiger partial charge in [0.2, 0.25) is 0 Å². The first-order valence-electron chi connectivity index (χ1n) is 5.73. The van der Waals surface area contributed by atoms with E-state index in [1.54, 1.807) is 0 Å². The van der Waals surface area contributed by atoms with Crippen LogP contribution >= 0.6 is 0 Å². The molecule has 0 aliphatic carbocycles. The van der Waals surface area contributed by atoms with E-state index in [0.29, 0.717) is 19.6 Å². The summed E-state index contributed by atoms with van der Waals surface area (Å²) < 4.78 is 4.76. The monoisotopic (exact) mass is 233 g/mol. The molecule has 4 heteroatoms. The van der Waals surface area contributed by atoms with Gasteiger partial charge in [-0.3, -0.25) is 9.69 Å². The van der Waals surface area contributed by atoms with E-state index in [9.17, 15) is 9.59 Å². The van der Waals surface area contributed by atoms with E-state index in [2.05, 4.69) is 0 Å². The lowest BCUT2D eigenvalue weighted by atomic mass is 10.1. The molecule has 90 valence electrons. The summed E-state index contributed by atoms with van der Waals surface area (Å²) in [5.74, 6) is 0.0766. The molecule has 17 heavy (non-hydrogen) atoms. The number of hydrogen-bond donors (Lipinski definition) is 0. The van der Waals surface area contributed by atoms with E-state index in [-0.39, 0.29) is 18.4 Å². The fourth-order valence-electron chi connectivity index (χ4n) is 1.79. The van der Waals surface area contributed by atoms with Gasteiger partial charge in [0.25, 0.3) is 0 Å². The van der Waals surface area contributed by atoms with E-state index >= 15 is 0 Å². The van der Waals surface area contributed by atoms with Crippen LogP contribution in [0.25, 0.3) is 0 Å². The van der Waals surface area contributed by atoms with Crippen molar-refractivity contribution in [3.05, 3.63) is 35.9 Å². The molecule has 0 bridgehead atoms. The molecule has 1 aromatic rings. The summed E-state index contributed by atoms with van der Waals surface area (Å²) in [5.41, 5.74) is 1.14. The number of rotatable bonds is 5. The minimum atomic E-state index is -0.377. The zero-order valence-corrected chi connectivity index (χ0v) is 9.59. The molecule has 0 atom stereocenters. The average Bonchev–Trinajstić information content (AvgIpc) is 2.74. The molecule has 0 aromatic heterocycles. The van der Waals surface area contributed by atoms with Crippen LogP contribution in [0.1, 0.15) is 12.0 Å². The van der Waals surface area contributed by atoms with Crippen LogP contribution in [0.4, 0.5) is 4.79 Å². The highest BCUT2D eigenvalue weighted by Gasteiger charge is 2.23. The number of ketones is 1. The second-order valence-electron chi connectivity index (χ2n) is 4.06. The Bertz CT molecular complexity index is 402. The Balaban J connectivity index is 1.76. The molecule has 0 unspecified atom stereocenters. The second-order valence-corrected chi connectivity index (χ2v) is 4.06. The van der Waals surface area contributed by atoms with Gasteiger partial charge in [-0.15, -0.1) is 0 Å².